The molecule has 0 aliphatic rings. The molecule has 0 radical (unpaired) electrons. The topological polar surface area (TPSA) is 94.1 Å². The van der Waals surface area contributed by atoms with Crippen molar-refractivity contribution >= 4 is 33.9 Å². The third-order valence-electron chi connectivity index (χ3n) is 4.34. The van der Waals surface area contributed by atoms with Crippen LogP contribution in [0.2, 0.25) is 0 Å². The molecule has 1 unspecified atom stereocenters. The second kappa shape index (κ2) is 8.57. The van der Waals surface area contributed by atoms with Crippen LogP contribution >= 0.6 is 11.3 Å². The second-order valence-electron chi connectivity index (χ2n) is 6.20. The van der Waals surface area contributed by atoms with E-state index >= 15 is 0 Å². The average Bonchev–Trinajstić information content (AvgIpc) is 3.25. The molecule has 4 rings (SSSR count). The summed E-state index contributed by atoms with van der Waals surface area (Å²) in [7, 11) is 0. The predicted molar refractivity (Wildman–Crippen MR) is 109 cm³/mol. The van der Waals surface area contributed by atoms with E-state index in [4.69, 9.17) is 4.74 Å². The number of nitrogens with zero attached hydrogens (tertiary/aromatic N) is 3. The van der Waals surface area contributed by atoms with Crippen LogP contribution in [0.15, 0.2) is 66.4 Å². The van der Waals surface area contributed by atoms with E-state index in [1.807, 2.05) is 48.5 Å². The fourth-order valence-electron chi connectivity index (χ4n) is 2.87. The smallest absolute Gasteiger partial charge is 0.293 e. The van der Waals surface area contributed by atoms with Gasteiger partial charge in [-0.3, -0.25) is 9.59 Å². The molecule has 0 saturated carbocycles. The summed E-state index contributed by atoms with van der Waals surface area (Å²) in [5, 5.41) is 2.87. The molecule has 1 N–H and O–H groups in total. The minimum atomic E-state index is -0.521. The summed E-state index contributed by atoms with van der Waals surface area (Å²) in [6, 6.07) is 14.7. The van der Waals surface area contributed by atoms with E-state index in [0.717, 1.165) is 21.3 Å². The van der Waals surface area contributed by atoms with Crippen LogP contribution in [0.4, 0.5) is 0 Å². The summed E-state index contributed by atoms with van der Waals surface area (Å²) in [5.41, 5.74) is 4.56. The number of hydrogen-bond acceptors (Lipinski definition) is 7. The highest BCUT2D eigenvalue weighted by Gasteiger charge is 2.18. The first-order valence-electron chi connectivity index (χ1n) is 8.81. The summed E-state index contributed by atoms with van der Waals surface area (Å²) in [6.45, 7) is 0.367. The zero-order valence-electron chi connectivity index (χ0n) is 15.2. The standard InChI is InChI=1S/C21H16N4O3S/c26-13-28-11-18(15-6-7-19-17(8-15)24-12-29-19)25-21(27)16-9-22-20(23-10-16)14-4-2-1-3-5-14/h1-10,12-13,18H,11H2,(H,25,27). The first-order valence-corrected chi connectivity index (χ1v) is 9.69. The minimum absolute atomic E-state index is 0.00778. The Labute approximate surface area is 170 Å². The van der Waals surface area contributed by atoms with E-state index in [0.29, 0.717) is 17.9 Å². The van der Waals surface area contributed by atoms with Gasteiger partial charge in [-0.25, -0.2) is 15.0 Å². The van der Waals surface area contributed by atoms with E-state index < -0.39 is 6.04 Å². The Morgan fingerprint density at radius 2 is 1.90 bits per heavy atom. The quantitative estimate of drug-likeness (QED) is 0.475. The molecule has 0 spiro atoms. The Hall–Kier alpha value is -3.65. The number of fused-ring (bicyclic) bond motifs is 1. The molecule has 7 nitrogen and oxygen atoms in total. The molecule has 0 aliphatic heterocycles. The van der Waals surface area contributed by atoms with Crippen LogP contribution in [0.5, 0.6) is 0 Å². The van der Waals surface area contributed by atoms with E-state index in [1.165, 1.54) is 23.7 Å². The zero-order chi connectivity index (χ0) is 20.1. The van der Waals surface area contributed by atoms with Crippen molar-refractivity contribution < 1.29 is 14.3 Å². The molecule has 1 atom stereocenters. The van der Waals surface area contributed by atoms with Crippen LogP contribution in [0.25, 0.3) is 21.6 Å². The molecule has 8 heteroatoms. The van der Waals surface area contributed by atoms with Crippen molar-refractivity contribution in [2.24, 2.45) is 0 Å². The molecule has 0 aliphatic carbocycles. The highest BCUT2D eigenvalue weighted by Crippen LogP contribution is 2.23. The Morgan fingerprint density at radius 1 is 1.10 bits per heavy atom. The van der Waals surface area contributed by atoms with Gasteiger partial charge in [-0.15, -0.1) is 11.3 Å². The van der Waals surface area contributed by atoms with Crippen LogP contribution in [-0.2, 0) is 9.53 Å². The van der Waals surface area contributed by atoms with E-state index in [-0.39, 0.29) is 12.5 Å². The molecule has 2 aromatic carbocycles. The third kappa shape index (κ3) is 4.27. The number of benzene rings is 2. The Morgan fingerprint density at radius 3 is 2.66 bits per heavy atom. The van der Waals surface area contributed by atoms with Crippen molar-refractivity contribution in [1.29, 1.82) is 0 Å². The molecule has 1 amide bonds. The first-order chi connectivity index (χ1) is 14.2. The van der Waals surface area contributed by atoms with Crippen LogP contribution in [0.3, 0.4) is 0 Å². The molecule has 2 heterocycles. The summed E-state index contributed by atoms with van der Waals surface area (Å²) in [5.74, 6) is 0.180. The molecule has 0 saturated heterocycles. The van der Waals surface area contributed by atoms with E-state index in [2.05, 4.69) is 20.3 Å². The molecule has 144 valence electrons. The number of thiazole rings is 1. The molecule has 29 heavy (non-hydrogen) atoms. The molecular weight excluding hydrogens is 388 g/mol. The van der Waals surface area contributed by atoms with Crippen LogP contribution in [-0.4, -0.2) is 33.9 Å². The van der Waals surface area contributed by atoms with Crippen LogP contribution in [0.1, 0.15) is 22.0 Å². The van der Waals surface area contributed by atoms with Gasteiger partial charge in [0.05, 0.1) is 27.3 Å². The minimum Gasteiger partial charge on any atom is -0.465 e. The normalized spacial score (nSPS) is 11.7. The van der Waals surface area contributed by atoms with Gasteiger partial charge < -0.3 is 10.1 Å². The monoisotopic (exact) mass is 404 g/mol. The van der Waals surface area contributed by atoms with Crippen LogP contribution in [0, 0.1) is 0 Å². The van der Waals surface area contributed by atoms with Gasteiger partial charge in [0.25, 0.3) is 12.4 Å². The second-order valence-corrected chi connectivity index (χ2v) is 7.08. The molecule has 0 fully saturated rings. The van der Waals surface area contributed by atoms with Crippen molar-refractivity contribution in [1.82, 2.24) is 20.3 Å². The first kappa shape index (κ1) is 18.7. The Kier molecular flexibility index (Phi) is 5.53. The van der Waals surface area contributed by atoms with Crippen molar-refractivity contribution in [2.75, 3.05) is 6.61 Å². The lowest BCUT2D eigenvalue weighted by molar-refractivity contribution is -0.129. The fourth-order valence-corrected chi connectivity index (χ4v) is 3.53. The molecule has 4 aromatic rings. The number of carbonyl (C=O) groups is 2. The maximum atomic E-state index is 12.7. The maximum absolute atomic E-state index is 12.7. The lowest BCUT2D eigenvalue weighted by Gasteiger charge is -2.18. The third-order valence-corrected chi connectivity index (χ3v) is 5.15. The highest BCUT2D eigenvalue weighted by atomic mass is 32.1. The highest BCUT2D eigenvalue weighted by molar-refractivity contribution is 7.16. The summed E-state index contributed by atoms with van der Waals surface area (Å²) in [4.78, 5) is 36.2. The van der Waals surface area contributed by atoms with Gasteiger partial charge in [-0.2, -0.15) is 0 Å². The summed E-state index contributed by atoms with van der Waals surface area (Å²) < 4.78 is 5.95. The van der Waals surface area contributed by atoms with Crippen LogP contribution < -0.4 is 5.32 Å². The summed E-state index contributed by atoms with van der Waals surface area (Å²) in [6.07, 6.45) is 2.96. The average molecular weight is 404 g/mol. The van der Waals surface area contributed by atoms with Gasteiger partial charge in [0.2, 0.25) is 0 Å². The Bertz CT molecular complexity index is 1130. The fraction of sp³-hybridized carbons (Fsp3) is 0.0952. The predicted octanol–water partition coefficient (Wildman–Crippen LogP) is 3.40. The molecular formula is C21H16N4O3S. The number of nitrogens with one attached hydrogen (secondary N) is 1. The lowest BCUT2D eigenvalue weighted by atomic mass is 10.1. The number of ether oxygens (including phenoxy) is 1. The lowest BCUT2D eigenvalue weighted by Crippen LogP contribution is -2.31. The number of aromatic nitrogens is 3. The van der Waals surface area contributed by atoms with E-state index in [9.17, 15) is 9.59 Å². The van der Waals surface area contributed by atoms with Crippen molar-refractivity contribution in [3.63, 3.8) is 0 Å². The van der Waals surface area contributed by atoms with E-state index in [1.54, 1.807) is 5.51 Å². The van der Waals surface area contributed by atoms with Crippen molar-refractivity contribution in [3.8, 4) is 11.4 Å². The van der Waals surface area contributed by atoms with Gasteiger partial charge in [0.15, 0.2) is 5.82 Å². The Balaban J connectivity index is 1.53. The van der Waals surface area contributed by atoms with Crippen molar-refractivity contribution in [3.05, 3.63) is 77.6 Å². The van der Waals surface area contributed by atoms with Gasteiger partial charge in [-0.05, 0) is 17.7 Å². The van der Waals surface area contributed by atoms with Gasteiger partial charge in [0.1, 0.15) is 6.61 Å². The molecule has 2 aromatic heterocycles. The number of carbonyl (C=O) groups excluding carboxylic acids is 2. The number of amides is 1. The SMILES string of the molecule is O=COCC(NC(=O)c1cnc(-c2ccccc2)nc1)c1ccc2scnc2c1. The number of rotatable bonds is 7. The van der Waals surface area contributed by atoms with Gasteiger partial charge >= 0.3 is 0 Å². The van der Waals surface area contributed by atoms with Gasteiger partial charge in [0, 0.05) is 18.0 Å². The van der Waals surface area contributed by atoms with Gasteiger partial charge in [-0.1, -0.05) is 36.4 Å². The summed E-state index contributed by atoms with van der Waals surface area (Å²) >= 11 is 1.53. The molecule has 0 bridgehead atoms. The zero-order valence-corrected chi connectivity index (χ0v) is 16.0. The van der Waals surface area contributed by atoms with Crippen molar-refractivity contribution in [2.45, 2.75) is 6.04 Å². The largest absolute Gasteiger partial charge is 0.465 e. The number of hydrogen-bond donors (Lipinski definition) is 1. The maximum Gasteiger partial charge on any atom is 0.293 e.